The number of hydrogen-bond acceptors (Lipinski definition) is 14. The zero-order valence-electron chi connectivity index (χ0n) is 36.9. The van der Waals surface area contributed by atoms with Crippen molar-refractivity contribution in [3.05, 3.63) is 23.7 Å². The summed E-state index contributed by atoms with van der Waals surface area (Å²) < 4.78 is 364. The molecule has 0 bridgehead atoms. The Morgan fingerprint density at radius 3 is 0.561 bits per heavy atom. The van der Waals surface area contributed by atoms with Gasteiger partial charge in [0.25, 0.3) is 11.6 Å². The molecule has 0 aromatic heterocycles. The average molecular weight is 1500 g/mol. The molecule has 2 aliphatic heterocycles. The standard InChI is InChI=1S/2C8H4F9O4.2C5H2F6O2.2CH3NO.4Cu.4H2O/c2*9-6(10,11)3(18)1-4(19,7(12,13)14)21-5(20,2-3)8(15,16)17;2*6-4(7,8)2(12)1-3(13)5(9,10)11;2*2-1-3;;;;;;;;/h2*1-2H2;2*1,12H;2*1H,(H2,2,3);;;;;4*1H2/q2*-3;;;;;4*+2;;;;/p+2/b;;2*2-1-;;;;;;;;;;/t2*3?,4-,5+;;;;;;;;;;;;. The number of nitrogens with two attached hydrogens (primary N) is 2. The number of halogens is 30. The Labute approximate surface area is 471 Å². The van der Waals surface area contributed by atoms with Gasteiger partial charge < -0.3 is 83.7 Å². The van der Waals surface area contributed by atoms with Crippen LogP contribution in [0, 0.1) is 0 Å². The first-order valence-electron chi connectivity index (χ1n) is 16.1. The van der Waals surface area contributed by atoms with E-state index in [9.17, 15) is 182 Å². The maximum atomic E-state index is 12.4. The van der Waals surface area contributed by atoms with Crippen LogP contribution in [0.5, 0.6) is 0 Å². The summed E-state index contributed by atoms with van der Waals surface area (Å²) in [5, 5.41) is 86.7. The SMILES string of the molecule is NC=O.NC=O.O=C(/C=C(\[O-])C(F)(F)F)C(F)(F)F.O=C(/C=C(\[O-])C(F)(F)F)C(F)(F)F.[Cu+2].[Cu+2].[Cu+2].[Cu+2].[O-]C1(C(F)(F)F)C[C@]([O-])(C(F)(F)F)O[C@]([O-])(C(F)(F)F)C1.[O-]C1(C(F)(F)F)C[C@]([O-])(C(F)(F)F)O[C@]([O-])(C(F)(F)F)C1.[OH3+].[OH3+].[OH3+].[OH3+]. The molecule has 2 rings (SSSR count). The molecule has 508 valence electrons. The van der Waals surface area contributed by atoms with Crippen molar-refractivity contribution < 1.29 is 291 Å². The van der Waals surface area contributed by atoms with E-state index in [1.54, 1.807) is 0 Å². The molecule has 2 saturated heterocycles. The summed E-state index contributed by atoms with van der Waals surface area (Å²) in [6.45, 7) is 0. The van der Waals surface area contributed by atoms with E-state index in [-0.39, 0.29) is 103 Å². The Kier molecular flexibility index (Phi) is 45.5. The third-order valence-electron chi connectivity index (χ3n) is 7.14. The van der Waals surface area contributed by atoms with Crippen molar-refractivity contribution in [3.8, 4) is 0 Å². The first-order valence-corrected chi connectivity index (χ1v) is 16.1. The molecule has 0 saturated carbocycles. The number of rotatable bonds is 2. The van der Waals surface area contributed by atoms with Gasteiger partial charge in [-0.05, 0) is 60.6 Å². The van der Waals surface area contributed by atoms with Gasteiger partial charge in [0.15, 0.2) is 0 Å². The fourth-order valence-electron chi connectivity index (χ4n) is 3.90. The normalized spacial score (nSPS) is 25.1. The van der Waals surface area contributed by atoms with Gasteiger partial charge in [0.05, 0.1) is 23.1 Å². The van der Waals surface area contributed by atoms with E-state index in [1.165, 1.54) is 0 Å². The molecule has 82 heavy (non-hydrogen) atoms. The third kappa shape index (κ3) is 31.3. The Morgan fingerprint density at radius 2 is 0.476 bits per heavy atom. The van der Waals surface area contributed by atoms with Crippen molar-refractivity contribution in [2.24, 2.45) is 11.5 Å². The smallest absolute Gasteiger partial charge is 0.869 e. The van der Waals surface area contributed by atoms with Gasteiger partial charge in [-0.25, -0.2) is 0 Å². The quantitative estimate of drug-likeness (QED) is 0.0661. The summed E-state index contributed by atoms with van der Waals surface area (Å²) in [5.41, 5.74) is -1.75. The predicted octanol–water partition coefficient (Wildman–Crippen LogP) is -4.25. The molecule has 0 aromatic carbocycles. The summed E-state index contributed by atoms with van der Waals surface area (Å²) in [4.78, 5) is 36.8. The Bertz CT molecular complexity index is 1680. The number of ketones is 2. The van der Waals surface area contributed by atoms with E-state index in [0.717, 1.165) is 0 Å². The van der Waals surface area contributed by atoms with Gasteiger partial charge in [-0.3, -0.25) is 19.2 Å². The van der Waals surface area contributed by atoms with Crippen molar-refractivity contribution in [3.63, 3.8) is 0 Å². The number of carbonyl (C=O) groups is 4. The third-order valence-corrected chi connectivity index (χ3v) is 7.14. The van der Waals surface area contributed by atoms with Crippen LogP contribution in [0.15, 0.2) is 23.7 Å². The second-order valence-corrected chi connectivity index (χ2v) is 12.9. The molecule has 16 N–H and O–H groups in total. The number of hydrogen-bond donors (Lipinski definition) is 2. The molecule has 0 aromatic rings. The number of primary amides is 2. The summed E-state index contributed by atoms with van der Waals surface area (Å²) in [5.74, 6) is -33.0. The molecular formula is C28H28Cu4F30N2O18+4. The van der Waals surface area contributed by atoms with Crippen molar-refractivity contribution in [1.82, 2.24) is 0 Å². The number of carbonyl (C=O) groups excluding carboxylic acids is 4. The molecule has 2 amide bonds. The summed E-state index contributed by atoms with van der Waals surface area (Å²) in [6, 6.07) is 0. The fourth-order valence-corrected chi connectivity index (χ4v) is 3.90. The van der Waals surface area contributed by atoms with Crippen LogP contribution in [0.25, 0.3) is 0 Å². The van der Waals surface area contributed by atoms with E-state index in [0.29, 0.717) is 0 Å². The zero-order valence-corrected chi connectivity index (χ0v) is 40.6. The number of ether oxygens (including phenoxy) is 2. The summed E-state index contributed by atoms with van der Waals surface area (Å²) >= 11 is 0. The maximum absolute atomic E-state index is 12.4. The van der Waals surface area contributed by atoms with E-state index < -0.39 is 157 Å². The number of alkyl halides is 30. The molecule has 20 nitrogen and oxygen atoms in total. The summed E-state index contributed by atoms with van der Waals surface area (Å²) in [6.07, 6.45) is -72.8. The molecule has 6 atom stereocenters. The van der Waals surface area contributed by atoms with Crippen LogP contribution in [0.2, 0.25) is 0 Å². The van der Waals surface area contributed by atoms with Crippen LogP contribution in [0.3, 0.4) is 0 Å². The maximum Gasteiger partial charge on any atom is 2.00 e. The fraction of sp³-hybridized carbons (Fsp3) is 0.714. The van der Waals surface area contributed by atoms with E-state index in [1.807, 2.05) is 0 Å². The zero-order chi connectivity index (χ0) is 61.4. The van der Waals surface area contributed by atoms with E-state index in [4.69, 9.17) is 9.59 Å². The number of amides is 2. The van der Waals surface area contributed by atoms with Crippen LogP contribution in [0.4, 0.5) is 132 Å². The average Bonchev–Trinajstić information content (AvgIpc) is 3.08. The van der Waals surface area contributed by atoms with Crippen molar-refractivity contribution >= 4 is 24.4 Å². The Morgan fingerprint density at radius 1 is 0.341 bits per heavy atom. The molecule has 2 unspecified atom stereocenters. The van der Waals surface area contributed by atoms with Gasteiger partial charge in [-0.2, -0.15) is 132 Å². The molecule has 4 radical (unpaired) electrons. The minimum Gasteiger partial charge on any atom is -0.869 e. The predicted molar refractivity (Wildman–Crippen MR) is 164 cm³/mol. The molecule has 0 spiro atoms. The van der Waals surface area contributed by atoms with Gasteiger partial charge in [0.1, 0.15) is 0 Å². The van der Waals surface area contributed by atoms with E-state index in [2.05, 4.69) is 20.9 Å². The monoisotopic (exact) mass is 1500 g/mol. The van der Waals surface area contributed by atoms with Crippen LogP contribution < -0.4 is 52.3 Å². The molecule has 2 fully saturated rings. The van der Waals surface area contributed by atoms with Crippen LogP contribution in [0.1, 0.15) is 25.7 Å². The molecular weight excluding hydrogens is 1480 g/mol. The number of allylic oxidation sites excluding steroid dienone is 4. The second-order valence-electron chi connectivity index (χ2n) is 12.9. The molecule has 54 heteroatoms. The van der Waals surface area contributed by atoms with Crippen LogP contribution >= 0.6 is 0 Å². The van der Waals surface area contributed by atoms with Crippen molar-refractivity contribution in [1.29, 1.82) is 0 Å². The van der Waals surface area contributed by atoms with Gasteiger partial charge >= 0.3 is 130 Å². The molecule has 2 heterocycles. The minimum atomic E-state index is -6.32. The Hall–Kier alpha value is -3.14. The van der Waals surface area contributed by atoms with Gasteiger partial charge in [-0.15, -0.1) is 0 Å². The molecule has 2 aliphatic rings. The van der Waals surface area contributed by atoms with Crippen LogP contribution in [-0.2, 0) is 119 Å². The largest absolute Gasteiger partial charge is 2.00 e. The van der Waals surface area contributed by atoms with E-state index >= 15 is 0 Å². The van der Waals surface area contributed by atoms with Gasteiger partial charge in [0, 0.05) is 0 Å². The topological polar surface area (TPSA) is 455 Å². The first kappa shape index (κ1) is 107. The second kappa shape index (κ2) is 34.9. The summed E-state index contributed by atoms with van der Waals surface area (Å²) in [7, 11) is 0. The first-order chi connectivity index (χ1) is 31.7. The minimum absolute atomic E-state index is 0. The van der Waals surface area contributed by atoms with Gasteiger partial charge in [0.2, 0.25) is 12.8 Å². The van der Waals surface area contributed by atoms with Gasteiger partial charge in [-0.1, -0.05) is 0 Å². The Balaban J connectivity index is -0.0000000761. The van der Waals surface area contributed by atoms with Crippen molar-refractivity contribution in [2.75, 3.05) is 0 Å². The molecule has 0 aliphatic carbocycles. The van der Waals surface area contributed by atoms with Crippen LogP contribution in [-0.4, -0.2) is 121 Å². The van der Waals surface area contributed by atoms with Crippen molar-refractivity contribution in [2.45, 2.75) is 122 Å².